The number of halogens is 1. The first-order valence-corrected chi connectivity index (χ1v) is 14.9. The largest absolute Gasteiger partial charge is 0.379 e. The number of carbonyl (C=O) groups excluding carboxylic acids is 1. The number of hydrogen-bond acceptors (Lipinski definition) is 7. The van der Waals surface area contributed by atoms with Crippen LogP contribution in [0.4, 0.5) is 16.3 Å². The zero-order valence-corrected chi connectivity index (χ0v) is 26.1. The molecule has 1 N–H and O–H groups in total. The Hall–Kier alpha value is -3.44. The summed E-state index contributed by atoms with van der Waals surface area (Å²) in [5.41, 5.74) is 5.03. The zero-order chi connectivity index (χ0) is 28.6. The molecule has 0 spiro atoms. The summed E-state index contributed by atoms with van der Waals surface area (Å²) >= 11 is 1.72. The number of benzene rings is 2. The maximum Gasteiger partial charge on any atom is 0.327 e. The Morgan fingerprint density at radius 3 is 2.57 bits per heavy atom. The topological polar surface area (TPSA) is 88.1 Å². The molecule has 42 heavy (non-hydrogen) atoms. The van der Waals surface area contributed by atoms with Gasteiger partial charge in [0.2, 0.25) is 0 Å². The number of imidazole rings is 1. The van der Waals surface area contributed by atoms with E-state index in [2.05, 4.69) is 44.2 Å². The summed E-state index contributed by atoms with van der Waals surface area (Å²) in [6.07, 6.45) is 4.33. The summed E-state index contributed by atoms with van der Waals surface area (Å²) in [4.78, 5) is 22.7. The number of nitrogens with one attached hydrogen (secondary N) is 1. The van der Waals surface area contributed by atoms with Crippen LogP contribution in [-0.2, 0) is 16.6 Å². The number of urea groups is 1. The van der Waals surface area contributed by atoms with E-state index >= 15 is 0 Å². The quantitative estimate of drug-likeness (QED) is 0.217. The molecule has 4 heterocycles. The monoisotopic (exact) mass is 608 g/mol. The number of anilines is 2. The predicted octanol–water partition coefficient (Wildman–Crippen LogP) is 6.86. The van der Waals surface area contributed by atoms with E-state index in [0.717, 1.165) is 67.6 Å². The van der Waals surface area contributed by atoms with Gasteiger partial charge in [-0.15, -0.1) is 12.4 Å². The van der Waals surface area contributed by atoms with Crippen molar-refractivity contribution in [1.82, 2.24) is 19.4 Å². The van der Waals surface area contributed by atoms with Crippen LogP contribution < -0.4 is 10.2 Å². The zero-order valence-electron chi connectivity index (χ0n) is 24.4. The Morgan fingerprint density at radius 1 is 1.10 bits per heavy atom. The third-order valence-corrected chi connectivity index (χ3v) is 8.56. The number of aromatic nitrogens is 3. The van der Waals surface area contributed by atoms with E-state index < -0.39 is 0 Å². The van der Waals surface area contributed by atoms with E-state index in [0.29, 0.717) is 11.6 Å². The highest BCUT2D eigenvalue weighted by molar-refractivity contribution is 7.23. The van der Waals surface area contributed by atoms with E-state index in [1.165, 1.54) is 15.8 Å². The first-order valence-electron chi connectivity index (χ1n) is 14.1. The molecule has 1 aliphatic heterocycles. The first-order chi connectivity index (χ1) is 19.7. The number of thiazole rings is 1. The van der Waals surface area contributed by atoms with Crippen LogP contribution in [0.3, 0.4) is 0 Å². The number of fused-ring (bicyclic) bond motifs is 3. The normalized spacial score (nSPS) is 14.3. The van der Waals surface area contributed by atoms with Crippen molar-refractivity contribution in [2.45, 2.75) is 39.0 Å². The highest BCUT2D eigenvalue weighted by Crippen LogP contribution is 2.31. The molecule has 5 aromatic rings. The van der Waals surface area contributed by atoms with Crippen LogP contribution >= 0.6 is 23.7 Å². The molecule has 3 aromatic heterocycles. The molecule has 6 rings (SSSR count). The molecule has 1 aliphatic rings. The molecule has 11 heteroatoms. The van der Waals surface area contributed by atoms with Crippen LogP contribution in [0.5, 0.6) is 0 Å². The Labute approximate surface area is 255 Å². The van der Waals surface area contributed by atoms with Gasteiger partial charge in [-0.1, -0.05) is 55.5 Å². The molecule has 1 saturated heterocycles. The molecule has 0 bridgehead atoms. The maximum absolute atomic E-state index is 12.8. The van der Waals surface area contributed by atoms with Crippen LogP contribution in [0.25, 0.3) is 26.4 Å². The summed E-state index contributed by atoms with van der Waals surface area (Å²) in [7, 11) is 1.73. The summed E-state index contributed by atoms with van der Waals surface area (Å²) < 4.78 is 14.2. The fraction of sp³-hybridized carbons (Fsp3) is 0.387. The highest BCUT2D eigenvalue weighted by Gasteiger charge is 2.21. The van der Waals surface area contributed by atoms with Gasteiger partial charge in [0.15, 0.2) is 10.8 Å². The van der Waals surface area contributed by atoms with Crippen molar-refractivity contribution < 1.29 is 14.1 Å². The lowest BCUT2D eigenvalue weighted by Gasteiger charge is -2.26. The molecule has 0 unspecified atom stereocenters. The minimum Gasteiger partial charge on any atom is -0.379 e. The molecule has 0 saturated carbocycles. The van der Waals surface area contributed by atoms with E-state index in [1.807, 2.05) is 45.0 Å². The second kappa shape index (κ2) is 12.4. The van der Waals surface area contributed by atoms with Crippen LogP contribution in [-0.4, -0.2) is 65.4 Å². The number of aryl methyl sites for hydroxylation is 1. The second-order valence-corrected chi connectivity index (χ2v) is 12.6. The van der Waals surface area contributed by atoms with Crippen LogP contribution in [0, 0.1) is 0 Å². The van der Waals surface area contributed by atoms with Crippen molar-refractivity contribution in [1.29, 1.82) is 0 Å². The number of ether oxygens (including phenoxy) is 1. The van der Waals surface area contributed by atoms with Crippen LogP contribution in [0.15, 0.2) is 59.3 Å². The molecular formula is C31H37ClN6O3S. The Morgan fingerprint density at radius 2 is 1.86 bits per heavy atom. The first kappa shape index (κ1) is 30.0. The summed E-state index contributed by atoms with van der Waals surface area (Å²) in [5, 5.41) is 6.78. The van der Waals surface area contributed by atoms with Gasteiger partial charge in [-0.3, -0.25) is 19.5 Å². The molecule has 0 atom stereocenters. The van der Waals surface area contributed by atoms with Crippen molar-refractivity contribution in [3.63, 3.8) is 0 Å². The minimum atomic E-state index is -0.291. The van der Waals surface area contributed by atoms with E-state index in [4.69, 9.17) is 14.2 Å². The average Bonchev–Trinajstić information content (AvgIpc) is 3.68. The molecule has 2 amide bonds. The van der Waals surface area contributed by atoms with Crippen LogP contribution in [0.1, 0.15) is 38.5 Å². The van der Waals surface area contributed by atoms with Gasteiger partial charge in [0.25, 0.3) is 0 Å². The molecule has 2 aromatic carbocycles. The van der Waals surface area contributed by atoms with Gasteiger partial charge >= 0.3 is 6.03 Å². The van der Waals surface area contributed by atoms with E-state index in [1.54, 1.807) is 29.4 Å². The minimum absolute atomic E-state index is 0. The molecule has 1 fully saturated rings. The average molecular weight is 609 g/mol. The lowest BCUT2D eigenvalue weighted by atomic mass is 9.93. The Bertz CT molecular complexity index is 1660. The maximum atomic E-state index is 12.8. The fourth-order valence-electron chi connectivity index (χ4n) is 5.03. The molecule has 0 radical (unpaired) electrons. The predicted molar refractivity (Wildman–Crippen MR) is 171 cm³/mol. The Kier molecular flexibility index (Phi) is 8.89. The Balaban J connectivity index is 0.00000353. The molecular weight excluding hydrogens is 572 g/mol. The standard InChI is InChI=1S/C31H36N6O3S.ClH/c1-31(2,3)27-19-28(34-40-27)33-29(38)35(4)23-10-8-22(9-11-23)24-20-37-25-12-7-21(18-26(25)41-30(37)32-24)6-5-13-36-14-16-39-17-15-36;/h7-12,18-20H,5-6,13-17H2,1-4H3,(H,33,34,38);1H. The summed E-state index contributed by atoms with van der Waals surface area (Å²) in [6.45, 7) is 11.0. The van der Waals surface area contributed by atoms with E-state index in [9.17, 15) is 4.79 Å². The van der Waals surface area contributed by atoms with Gasteiger partial charge in [0.1, 0.15) is 5.76 Å². The number of nitrogens with zero attached hydrogens (tertiary/aromatic N) is 5. The van der Waals surface area contributed by atoms with Gasteiger partial charge < -0.3 is 9.26 Å². The number of amides is 2. The van der Waals surface area contributed by atoms with Crippen molar-refractivity contribution in [3.05, 3.63) is 66.1 Å². The third kappa shape index (κ3) is 6.47. The number of hydrogen-bond donors (Lipinski definition) is 1. The summed E-state index contributed by atoms with van der Waals surface area (Å²) in [6, 6.07) is 16.1. The number of morpholine rings is 1. The number of carbonyl (C=O) groups is 1. The second-order valence-electron chi connectivity index (χ2n) is 11.6. The van der Waals surface area contributed by atoms with Crippen molar-refractivity contribution in [3.8, 4) is 11.3 Å². The van der Waals surface area contributed by atoms with Crippen LogP contribution in [0.2, 0.25) is 0 Å². The molecule has 0 aliphatic carbocycles. The lowest BCUT2D eigenvalue weighted by molar-refractivity contribution is 0.0375. The van der Waals surface area contributed by atoms with Crippen molar-refractivity contribution in [2.24, 2.45) is 0 Å². The fourth-order valence-corrected chi connectivity index (χ4v) is 6.10. The smallest absolute Gasteiger partial charge is 0.327 e. The van der Waals surface area contributed by atoms with Gasteiger partial charge in [0.05, 0.1) is 29.1 Å². The van der Waals surface area contributed by atoms with Gasteiger partial charge in [-0.05, 0) is 49.2 Å². The third-order valence-electron chi connectivity index (χ3n) is 7.54. The summed E-state index contributed by atoms with van der Waals surface area (Å²) in [5.74, 6) is 1.11. The van der Waals surface area contributed by atoms with Crippen molar-refractivity contribution >= 4 is 56.5 Å². The van der Waals surface area contributed by atoms with Gasteiger partial charge in [-0.25, -0.2) is 9.78 Å². The molecule has 222 valence electrons. The van der Waals surface area contributed by atoms with E-state index in [-0.39, 0.29) is 23.9 Å². The lowest BCUT2D eigenvalue weighted by Crippen LogP contribution is -2.36. The highest BCUT2D eigenvalue weighted by atomic mass is 35.5. The van der Waals surface area contributed by atoms with Gasteiger partial charge in [-0.2, -0.15) is 0 Å². The SMILES string of the molecule is CN(C(=O)Nc1cc(C(C)(C)C)on1)c1ccc(-c2cn3c(n2)sc2cc(CCCN4CCOCC4)ccc23)cc1.Cl. The number of rotatable bonds is 7. The van der Waals surface area contributed by atoms with Crippen molar-refractivity contribution in [2.75, 3.05) is 50.1 Å². The van der Waals surface area contributed by atoms with Gasteiger partial charge in [0, 0.05) is 49.1 Å². The molecule has 9 nitrogen and oxygen atoms in total.